The minimum Gasteiger partial charge on any atom is -0.351 e. The van der Waals surface area contributed by atoms with E-state index in [1.165, 1.54) is 5.56 Å². The molecule has 0 radical (unpaired) electrons. The van der Waals surface area contributed by atoms with Crippen molar-refractivity contribution in [2.24, 2.45) is 0 Å². The third-order valence-electron chi connectivity index (χ3n) is 5.84. The molecule has 1 saturated heterocycles. The van der Waals surface area contributed by atoms with E-state index in [2.05, 4.69) is 27.0 Å². The number of hydrogen-bond donors (Lipinski definition) is 2. The van der Waals surface area contributed by atoms with E-state index in [0.717, 1.165) is 50.3 Å². The lowest BCUT2D eigenvalue weighted by molar-refractivity contribution is -0.118. The fourth-order valence-electron chi connectivity index (χ4n) is 4.21. The number of halogens is 1. The summed E-state index contributed by atoms with van der Waals surface area (Å²) in [6.07, 6.45) is 3.91. The van der Waals surface area contributed by atoms with Gasteiger partial charge in [0.2, 0.25) is 5.91 Å². The molecule has 0 bridgehead atoms. The average molecular weight is 433 g/mol. The Balaban J connectivity index is 0.00000256. The quantitative estimate of drug-likeness (QED) is 0.681. The van der Waals surface area contributed by atoms with Crippen LogP contribution in [-0.4, -0.2) is 53.0 Å². The van der Waals surface area contributed by atoms with E-state index in [-0.39, 0.29) is 24.2 Å². The topological polar surface area (TPSA) is 92.2 Å². The van der Waals surface area contributed by atoms with E-state index >= 15 is 0 Å². The Morgan fingerprint density at radius 3 is 2.80 bits per heavy atom. The zero-order valence-corrected chi connectivity index (χ0v) is 18.1. The van der Waals surface area contributed by atoms with Crippen LogP contribution in [0.25, 0.3) is 0 Å². The van der Waals surface area contributed by atoms with Gasteiger partial charge in [-0.05, 0) is 57.3 Å². The molecule has 0 unspecified atom stereocenters. The number of rotatable bonds is 6. The van der Waals surface area contributed by atoms with Crippen LogP contribution in [0.1, 0.15) is 53.5 Å². The van der Waals surface area contributed by atoms with Crippen LogP contribution in [0.5, 0.6) is 0 Å². The van der Waals surface area contributed by atoms with Crippen LogP contribution in [0.4, 0.5) is 5.69 Å². The van der Waals surface area contributed by atoms with Crippen LogP contribution in [0.2, 0.25) is 0 Å². The molecule has 162 valence electrons. The molecule has 0 aliphatic carbocycles. The number of nitrogens with one attached hydrogen (secondary N) is 2. The molecule has 3 heterocycles. The molecule has 2 aromatic rings. The number of para-hydroxylation sites is 1. The molecular formula is C21H29ClN6O2. The highest BCUT2D eigenvalue weighted by molar-refractivity contribution is 5.95. The van der Waals surface area contributed by atoms with Gasteiger partial charge in [0.15, 0.2) is 5.69 Å². The van der Waals surface area contributed by atoms with Crippen molar-refractivity contribution < 1.29 is 9.59 Å². The van der Waals surface area contributed by atoms with Crippen LogP contribution in [0, 0.1) is 6.92 Å². The van der Waals surface area contributed by atoms with Gasteiger partial charge in [-0.2, -0.15) is 0 Å². The van der Waals surface area contributed by atoms with E-state index in [9.17, 15) is 9.59 Å². The SMILES string of the molecule is Cc1c(C(=O)NCCCC(=O)N2CCc3ccccc32)nnn1C1CCNCC1.Cl. The standard InChI is InChI=1S/C21H28N6O2.ClH/c1-15-20(24-25-27(15)17-8-12-22-13-9-17)21(29)23-11-4-7-19(28)26-14-10-16-5-2-3-6-18(16)26;/h2-3,5-6,17,22H,4,7-14H2,1H3,(H,23,29);1H. The molecule has 1 aromatic carbocycles. The third kappa shape index (κ3) is 4.65. The van der Waals surface area contributed by atoms with E-state index in [1.54, 1.807) is 0 Å². The van der Waals surface area contributed by atoms with Crippen molar-refractivity contribution in [2.75, 3.05) is 31.1 Å². The summed E-state index contributed by atoms with van der Waals surface area (Å²) in [6.45, 7) is 5.00. The fourth-order valence-corrected chi connectivity index (χ4v) is 4.21. The molecule has 1 aromatic heterocycles. The monoisotopic (exact) mass is 432 g/mol. The van der Waals surface area contributed by atoms with Gasteiger partial charge < -0.3 is 15.5 Å². The Bertz CT molecular complexity index is 893. The van der Waals surface area contributed by atoms with Gasteiger partial charge >= 0.3 is 0 Å². The normalized spacial score (nSPS) is 16.1. The van der Waals surface area contributed by atoms with E-state index in [4.69, 9.17) is 0 Å². The minimum absolute atomic E-state index is 0. The number of carbonyl (C=O) groups excluding carboxylic acids is 2. The summed E-state index contributed by atoms with van der Waals surface area (Å²) in [6, 6.07) is 8.33. The van der Waals surface area contributed by atoms with Crippen molar-refractivity contribution in [3.05, 3.63) is 41.2 Å². The van der Waals surface area contributed by atoms with Crippen LogP contribution in [0.3, 0.4) is 0 Å². The maximum absolute atomic E-state index is 12.5. The largest absolute Gasteiger partial charge is 0.351 e. The second-order valence-electron chi connectivity index (χ2n) is 7.73. The van der Waals surface area contributed by atoms with Gasteiger partial charge in [-0.3, -0.25) is 9.59 Å². The molecule has 0 spiro atoms. The number of nitrogens with zero attached hydrogens (tertiary/aromatic N) is 4. The maximum Gasteiger partial charge on any atom is 0.273 e. The van der Waals surface area contributed by atoms with Gasteiger partial charge in [0, 0.05) is 25.2 Å². The van der Waals surface area contributed by atoms with Crippen LogP contribution < -0.4 is 15.5 Å². The van der Waals surface area contributed by atoms with Crippen LogP contribution >= 0.6 is 12.4 Å². The predicted molar refractivity (Wildman–Crippen MR) is 117 cm³/mol. The van der Waals surface area contributed by atoms with Crippen molar-refractivity contribution in [2.45, 2.75) is 45.1 Å². The predicted octanol–water partition coefficient (Wildman–Crippen LogP) is 2.03. The zero-order valence-electron chi connectivity index (χ0n) is 17.3. The number of fused-ring (bicyclic) bond motifs is 1. The molecular weight excluding hydrogens is 404 g/mol. The first kappa shape index (κ1) is 22.2. The van der Waals surface area contributed by atoms with Gasteiger partial charge in [-0.1, -0.05) is 23.4 Å². The molecule has 0 atom stereocenters. The highest BCUT2D eigenvalue weighted by Gasteiger charge is 2.24. The highest BCUT2D eigenvalue weighted by Crippen LogP contribution is 2.28. The molecule has 2 aliphatic rings. The zero-order chi connectivity index (χ0) is 20.2. The molecule has 2 aliphatic heterocycles. The molecule has 9 heteroatoms. The second kappa shape index (κ2) is 10.0. The molecule has 8 nitrogen and oxygen atoms in total. The van der Waals surface area contributed by atoms with Gasteiger partial charge in [-0.25, -0.2) is 4.68 Å². The summed E-state index contributed by atoms with van der Waals surface area (Å²) < 4.78 is 1.88. The Labute approximate surface area is 182 Å². The Morgan fingerprint density at radius 1 is 1.23 bits per heavy atom. The smallest absolute Gasteiger partial charge is 0.273 e. The summed E-state index contributed by atoms with van der Waals surface area (Å²) in [7, 11) is 0. The fraction of sp³-hybridized carbons (Fsp3) is 0.524. The lowest BCUT2D eigenvalue weighted by Crippen LogP contribution is -2.31. The molecule has 30 heavy (non-hydrogen) atoms. The van der Waals surface area contributed by atoms with Crippen molar-refractivity contribution in [1.82, 2.24) is 25.6 Å². The number of amides is 2. The third-order valence-corrected chi connectivity index (χ3v) is 5.84. The number of anilines is 1. The first-order chi connectivity index (χ1) is 14.1. The highest BCUT2D eigenvalue weighted by atomic mass is 35.5. The number of piperidine rings is 1. The van der Waals surface area contributed by atoms with Crippen molar-refractivity contribution in [1.29, 1.82) is 0 Å². The Hall–Kier alpha value is -2.45. The van der Waals surface area contributed by atoms with Gasteiger partial charge in [0.25, 0.3) is 5.91 Å². The second-order valence-corrected chi connectivity index (χ2v) is 7.73. The molecule has 0 saturated carbocycles. The van der Waals surface area contributed by atoms with Gasteiger partial charge in [0.05, 0.1) is 11.7 Å². The average Bonchev–Trinajstić information content (AvgIpc) is 3.35. The van der Waals surface area contributed by atoms with E-state index in [1.807, 2.05) is 34.7 Å². The summed E-state index contributed by atoms with van der Waals surface area (Å²) in [5.41, 5.74) is 3.43. The first-order valence-electron chi connectivity index (χ1n) is 10.4. The lowest BCUT2D eigenvalue weighted by Gasteiger charge is -2.23. The molecule has 2 N–H and O–H groups in total. The number of aromatic nitrogens is 3. The number of hydrogen-bond acceptors (Lipinski definition) is 5. The van der Waals surface area contributed by atoms with Crippen LogP contribution in [0.15, 0.2) is 24.3 Å². The Morgan fingerprint density at radius 2 is 2.00 bits per heavy atom. The summed E-state index contributed by atoms with van der Waals surface area (Å²) >= 11 is 0. The lowest BCUT2D eigenvalue weighted by atomic mass is 10.1. The van der Waals surface area contributed by atoms with Crippen molar-refractivity contribution in [3.8, 4) is 0 Å². The summed E-state index contributed by atoms with van der Waals surface area (Å²) in [4.78, 5) is 26.9. The van der Waals surface area contributed by atoms with Crippen LogP contribution in [-0.2, 0) is 11.2 Å². The van der Waals surface area contributed by atoms with E-state index < -0.39 is 0 Å². The number of benzene rings is 1. The molecule has 2 amide bonds. The van der Waals surface area contributed by atoms with E-state index in [0.29, 0.717) is 31.1 Å². The molecule has 1 fully saturated rings. The Kier molecular flexibility index (Phi) is 7.44. The maximum atomic E-state index is 12.5. The minimum atomic E-state index is -0.221. The summed E-state index contributed by atoms with van der Waals surface area (Å²) in [5, 5.41) is 14.5. The first-order valence-corrected chi connectivity index (χ1v) is 10.4. The van der Waals surface area contributed by atoms with Crippen molar-refractivity contribution >= 4 is 29.9 Å². The summed E-state index contributed by atoms with van der Waals surface area (Å²) in [5.74, 6) is -0.112. The molecule has 4 rings (SSSR count). The van der Waals surface area contributed by atoms with Gasteiger partial charge in [0.1, 0.15) is 0 Å². The van der Waals surface area contributed by atoms with Crippen molar-refractivity contribution in [3.63, 3.8) is 0 Å². The van der Waals surface area contributed by atoms with Gasteiger partial charge in [-0.15, -0.1) is 17.5 Å². The number of carbonyl (C=O) groups is 2.